The Kier molecular flexibility index (Phi) is 12.9. The zero-order valence-corrected chi connectivity index (χ0v) is 28.4. The van der Waals surface area contributed by atoms with E-state index >= 15 is 0 Å². The second-order valence-electron chi connectivity index (χ2n) is 11.4. The van der Waals surface area contributed by atoms with Crippen LogP contribution in [-0.2, 0) is 6.42 Å². The lowest BCUT2D eigenvalue weighted by Crippen LogP contribution is -2.05. The number of hydrogen-bond donors (Lipinski definition) is 0. The lowest BCUT2D eigenvalue weighted by molar-refractivity contribution is 0.602. The Bertz CT molecular complexity index is 2020. The molecule has 0 aliphatic carbocycles. The molecule has 0 bridgehead atoms. The van der Waals surface area contributed by atoms with Gasteiger partial charge in [0.2, 0.25) is 0 Å². The summed E-state index contributed by atoms with van der Waals surface area (Å²) in [6.07, 6.45) is 13.3. The summed E-state index contributed by atoms with van der Waals surface area (Å²) in [5.74, 6) is 0.801. The van der Waals surface area contributed by atoms with Crippen molar-refractivity contribution >= 4 is 33.5 Å². The molecule has 1 heterocycles. The number of furan rings is 1. The lowest BCUT2D eigenvalue weighted by Gasteiger charge is -2.10. The molecule has 6 rings (SSSR count). The van der Waals surface area contributed by atoms with Gasteiger partial charge in [0.05, 0.1) is 5.70 Å². The van der Waals surface area contributed by atoms with E-state index in [0.29, 0.717) is 0 Å². The van der Waals surface area contributed by atoms with Crippen LogP contribution >= 0.6 is 0 Å². The van der Waals surface area contributed by atoms with Crippen LogP contribution in [-0.4, -0.2) is 5.71 Å². The third-order valence-corrected chi connectivity index (χ3v) is 8.00. The van der Waals surface area contributed by atoms with Crippen LogP contribution in [0.15, 0.2) is 168 Å². The van der Waals surface area contributed by atoms with Crippen molar-refractivity contribution in [3.63, 3.8) is 0 Å². The maximum absolute atomic E-state index is 6.30. The van der Waals surface area contributed by atoms with Crippen molar-refractivity contribution in [3.05, 3.63) is 197 Å². The normalized spacial score (nSPS) is 11.6. The predicted molar refractivity (Wildman–Crippen MR) is 208 cm³/mol. The first-order valence-electron chi connectivity index (χ1n) is 16.1. The van der Waals surface area contributed by atoms with Crippen LogP contribution in [0.2, 0.25) is 0 Å². The summed E-state index contributed by atoms with van der Waals surface area (Å²) >= 11 is 0. The van der Waals surface area contributed by atoms with Gasteiger partial charge in [-0.15, -0.1) is 12.8 Å². The molecule has 0 radical (unpaired) electrons. The summed E-state index contributed by atoms with van der Waals surface area (Å²) in [6.45, 7) is 12.3. The fourth-order valence-corrected chi connectivity index (χ4v) is 5.29. The molecule has 0 fully saturated rings. The molecule has 0 saturated carbocycles. The summed E-state index contributed by atoms with van der Waals surface area (Å²) in [7, 11) is 0. The first-order valence-corrected chi connectivity index (χ1v) is 16.1. The van der Waals surface area contributed by atoms with Gasteiger partial charge in [0.25, 0.3) is 0 Å². The molecule has 0 amide bonds. The molecule has 0 spiro atoms. The molecule has 6 aromatic rings. The number of hydrogen-bond acceptors (Lipinski definition) is 2. The van der Waals surface area contributed by atoms with Gasteiger partial charge in [-0.2, -0.15) is 0 Å². The highest BCUT2D eigenvalue weighted by molar-refractivity contribution is 6.15. The summed E-state index contributed by atoms with van der Waals surface area (Å²) in [6, 6.07) is 47.8. The minimum absolute atomic E-state index is 0.801. The quantitative estimate of drug-likeness (QED) is 0.122. The molecule has 1 aromatic heterocycles. The highest BCUT2D eigenvalue weighted by atomic mass is 16.3. The van der Waals surface area contributed by atoms with E-state index < -0.39 is 0 Å². The standard InChI is InChI=1S/C28H25NO.C16H16.C2H2/c1-5-25(22-11-7-6-8-12-22)29-27(23-17-15-21(16-18-23)19(2)3)28-20(4)24-13-9-10-14-26(24)30-28;1-14(16-10-6-3-7-11-16)12-13-15-8-4-2-5-9-15;1-2/h5-18H,2H2,1,3-4H3;2-12H,13H2,1H3;1-2H/b25-5-,29-27?;14-12+;. The van der Waals surface area contributed by atoms with Crippen molar-refractivity contribution in [2.24, 2.45) is 4.99 Å². The van der Waals surface area contributed by atoms with Crippen LogP contribution in [0.25, 0.3) is 27.8 Å². The molecule has 5 aromatic carbocycles. The van der Waals surface area contributed by atoms with Crippen molar-refractivity contribution in [2.75, 3.05) is 0 Å². The number of rotatable bonds is 8. The Morgan fingerprint density at radius 2 is 1.19 bits per heavy atom. The number of fused-ring (bicyclic) bond motifs is 1. The van der Waals surface area contributed by atoms with Crippen LogP contribution in [0.3, 0.4) is 0 Å². The van der Waals surface area contributed by atoms with Gasteiger partial charge in [0.15, 0.2) is 5.76 Å². The maximum atomic E-state index is 6.30. The number of terminal acetylenes is 1. The number of benzene rings is 5. The van der Waals surface area contributed by atoms with E-state index in [1.165, 1.54) is 16.7 Å². The van der Waals surface area contributed by atoms with Gasteiger partial charge in [-0.25, -0.2) is 4.99 Å². The molecule has 0 saturated heterocycles. The smallest absolute Gasteiger partial charge is 0.157 e. The Hall–Kier alpha value is -5.91. The van der Waals surface area contributed by atoms with Crippen molar-refractivity contribution in [2.45, 2.75) is 34.1 Å². The zero-order valence-electron chi connectivity index (χ0n) is 28.4. The maximum Gasteiger partial charge on any atom is 0.157 e. The largest absolute Gasteiger partial charge is 0.454 e. The van der Waals surface area contributed by atoms with E-state index in [2.05, 4.69) is 136 Å². The van der Waals surface area contributed by atoms with Gasteiger partial charge in [-0.3, -0.25) is 0 Å². The zero-order chi connectivity index (χ0) is 34.3. The van der Waals surface area contributed by atoms with Gasteiger partial charge < -0.3 is 4.42 Å². The molecule has 0 atom stereocenters. The van der Waals surface area contributed by atoms with E-state index in [0.717, 1.165) is 62.4 Å². The van der Waals surface area contributed by atoms with Crippen LogP contribution in [0.5, 0.6) is 0 Å². The van der Waals surface area contributed by atoms with Crippen LogP contribution in [0.1, 0.15) is 59.9 Å². The molecule has 0 aliphatic rings. The minimum atomic E-state index is 0.801. The summed E-state index contributed by atoms with van der Waals surface area (Å²) < 4.78 is 6.30. The van der Waals surface area contributed by atoms with Gasteiger partial charge in [0, 0.05) is 16.5 Å². The van der Waals surface area contributed by atoms with Crippen LogP contribution < -0.4 is 0 Å². The Balaban J connectivity index is 0.000000243. The molecular formula is C46H43NO. The average molecular weight is 626 g/mol. The number of aryl methyl sites for hydroxylation is 1. The number of nitrogens with zero attached hydrogens (tertiary/aromatic N) is 1. The molecule has 2 heteroatoms. The summed E-state index contributed by atoms with van der Waals surface area (Å²) in [4.78, 5) is 5.10. The lowest BCUT2D eigenvalue weighted by atomic mass is 10.0. The molecule has 0 N–H and O–H groups in total. The third kappa shape index (κ3) is 9.09. The summed E-state index contributed by atoms with van der Waals surface area (Å²) in [5, 5.41) is 1.11. The number of aliphatic imine (C=N–C) groups is 1. The fourth-order valence-electron chi connectivity index (χ4n) is 5.29. The van der Waals surface area contributed by atoms with Gasteiger partial charge >= 0.3 is 0 Å². The van der Waals surface area contributed by atoms with Crippen molar-refractivity contribution in [1.29, 1.82) is 0 Å². The van der Waals surface area contributed by atoms with Crippen LogP contribution in [0, 0.1) is 19.8 Å². The highest BCUT2D eigenvalue weighted by Crippen LogP contribution is 2.29. The second kappa shape index (κ2) is 17.7. The monoisotopic (exact) mass is 625 g/mol. The van der Waals surface area contributed by atoms with E-state index in [4.69, 9.17) is 9.41 Å². The first-order chi connectivity index (χ1) is 23.4. The molecule has 48 heavy (non-hydrogen) atoms. The number of para-hydroxylation sites is 1. The molecular weight excluding hydrogens is 583 g/mol. The molecule has 238 valence electrons. The van der Waals surface area contributed by atoms with Crippen molar-refractivity contribution < 1.29 is 4.42 Å². The van der Waals surface area contributed by atoms with Crippen LogP contribution in [0.4, 0.5) is 0 Å². The Morgan fingerprint density at radius 3 is 1.75 bits per heavy atom. The Labute approximate surface area is 286 Å². The van der Waals surface area contributed by atoms with E-state index in [9.17, 15) is 0 Å². The molecule has 0 aliphatic heterocycles. The third-order valence-electron chi connectivity index (χ3n) is 8.00. The molecule has 0 unspecified atom stereocenters. The average Bonchev–Trinajstić information content (AvgIpc) is 3.49. The topological polar surface area (TPSA) is 25.5 Å². The predicted octanol–water partition coefficient (Wildman–Crippen LogP) is 12.3. The fraction of sp³-hybridized carbons (Fsp3) is 0.109. The first kappa shape index (κ1) is 35.0. The van der Waals surface area contributed by atoms with E-state index in [1.807, 2.05) is 62.4 Å². The molecule has 2 nitrogen and oxygen atoms in total. The van der Waals surface area contributed by atoms with Gasteiger partial charge in [0.1, 0.15) is 11.3 Å². The van der Waals surface area contributed by atoms with E-state index in [-0.39, 0.29) is 0 Å². The van der Waals surface area contributed by atoms with Crippen molar-refractivity contribution in [1.82, 2.24) is 0 Å². The number of allylic oxidation sites excluding steroid dienone is 4. The SMILES string of the molecule is C#C.C/C(=C\Cc1ccccc1)c1ccccc1.C=C(C)c1ccc(C(=N/C(=C\C)c2ccccc2)c2oc3ccccc3c2C)cc1. The minimum Gasteiger partial charge on any atom is -0.454 e. The van der Waals surface area contributed by atoms with Gasteiger partial charge in [-0.1, -0.05) is 158 Å². The van der Waals surface area contributed by atoms with Crippen molar-refractivity contribution in [3.8, 4) is 12.8 Å². The Morgan fingerprint density at radius 1 is 0.667 bits per heavy atom. The summed E-state index contributed by atoms with van der Waals surface area (Å²) in [5.41, 5.74) is 12.0. The second-order valence-corrected chi connectivity index (χ2v) is 11.4. The highest BCUT2D eigenvalue weighted by Gasteiger charge is 2.18. The van der Waals surface area contributed by atoms with Gasteiger partial charge in [-0.05, 0) is 68.0 Å². The van der Waals surface area contributed by atoms with E-state index in [1.54, 1.807) is 0 Å².